The highest BCUT2D eigenvalue weighted by Crippen LogP contribution is 2.44. The standard InChI is InChI=1S/C26H22FNO4/c1-15-7-6-9-18(13-15)28-23(19-10-5-4-8-16(19)2)22(25(30)26(28)31)24(29)20-14-17(27)11-12-21(20)32-3/h4-14,23,29H,1-3H3/b24-22+. The second-order valence-corrected chi connectivity index (χ2v) is 7.71. The lowest BCUT2D eigenvalue weighted by Crippen LogP contribution is -2.29. The molecule has 1 aliphatic rings. The van der Waals surface area contributed by atoms with Crippen molar-refractivity contribution in [3.63, 3.8) is 0 Å². The number of rotatable bonds is 4. The minimum atomic E-state index is -0.883. The molecule has 5 nitrogen and oxygen atoms in total. The van der Waals surface area contributed by atoms with Gasteiger partial charge in [0.15, 0.2) is 0 Å². The number of Topliss-reactive ketones (excluding diaryl/α,β-unsaturated/α-hetero) is 1. The summed E-state index contributed by atoms with van der Waals surface area (Å²) >= 11 is 0. The molecule has 162 valence electrons. The summed E-state index contributed by atoms with van der Waals surface area (Å²) in [4.78, 5) is 27.8. The van der Waals surface area contributed by atoms with Gasteiger partial charge in [-0.25, -0.2) is 4.39 Å². The number of aryl methyl sites for hydroxylation is 2. The van der Waals surface area contributed by atoms with E-state index < -0.39 is 29.3 Å². The Bertz CT molecular complexity index is 1260. The maximum atomic E-state index is 14.0. The monoisotopic (exact) mass is 431 g/mol. The molecular formula is C26H22FNO4. The van der Waals surface area contributed by atoms with Crippen molar-refractivity contribution in [1.29, 1.82) is 0 Å². The molecule has 6 heteroatoms. The number of methoxy groups -OCH3 is 1. The third-order valence-corrected chi connectivity index (χ3v) is 5.62. The van der Waals surface area contributed by atoms with Crippen LogP contribution in [0.5, 0.6) is 5.75 Å². The highest BCUT2D eigenvalue weighted by atomic mass is 19.1. The zero-order valence-electron chi connectivity index (χ0n) is 17.9. The average Bonchev–Trinajstić information content (AvgIpc) is 3.04. The van der Waals surface area contributed by atoms with Gasteiger partial charge in [-0.3, -0.25) is 14.5 Å². The summed E-state index contributed by atoms with van der Waals surface area (Å²) in [6, 6.07) is 17.3. The summed E-state index contributed by atoms with van der Waals surface area (Å²) in [6.07, 6.45) is 0. The van der Waals surface area contributed by atoms with Crippen LogP contribution in [0.1, 0.15) is 28.3 Å². The molecule has 32 heavy (non-hydrogen) atoms. The van der Waals surface area contributed by atoms with Crippen LogP contribution in [0.2, 0.25) is 0 Å². The predicted octanol–water partition coefficient (Wildman–Crippen LogP) is 5.08. The number of halogens is 1. The van der Waals surface area contributed by atoms with Crippen LogP contribution in [0, 0.1) is 19.7 Å². The Balaban J connectivity index is 2.02. The van der Waals surface area contributed by atoms with E-state index in [1.165, 1.54) is 24.1 Å². The van der Waals surface area contributed by atoms with E-state index in [4.69, 9.17) is 4.74 Å². The van der Waals surface area contributed by atoms with E-state index in [-0.39, 0.29) is 16.9 Å². The van der Waals surface area contributed by atoms with E-state index in [0.717, 1.165) is 17.2 Å². The van der Waals surface area contributed by atoms with Crippen molar-refractivity contribution >= 4 is 23.1 Å². The van der Waals surface area contributed by atoms with Crippen LogP contribution in [0.3, 0.4) is 0 Å². The normalized spacial score (nSPS) is 17.6. The number of aliphatic hydroxyl groups excluding tert-OH is 1. The van der Waals surface area contributed by atoms with E-state index in [9.17, 15) is 19.1 Å². The lowest BCUT2D eigenvalue weighted by atomic mass is 9.92. The van der Waals surface area contributed by atoms with E-state index in [2.05, 4.69) is 0 Å². The van der Waals surface area contributed by atoms with Gasteiger partial charge in [-0.05, 0) is 60.9 Å². The zero-order valence-corrected chi connectivity index (χ0v) is 17.9. The number of nitrogens with zero attached hydrogens (tertiary/aromatic N) is 1. The number of hydrogen-bond acceptors (Lipinski definition) is 4. The van der Waals surface area contributed by atoms with Crippen molar-refractivity contribution in [2.24, 2.45) is 0 Å². The molecular weight excluding hydrogens is 409 g/mol. The highest BCUT2D eigenvalue weighted by molar-refractivity contribution is 6.51. The Morgan fingerprint density at radius 2 is 1.75 bits per heavy atom. The average molecular weight is 431 g/mol. The van der Waals surface area contributed by atoms with Crippen molar-refractivity contribution in [2.45, 2.75) is 19.9 Å². The number of ether oxygens (including phenoxy) is 1. The molecule has 1 unspecified atom stereocenters. The summed E-state index contributed by atoms with van der Waals surface area (Å²) in [5.41, 5.74) is 2.87. The lowest BCUT2D eigenvalue weighted by molar-refractivity contribution is -0.132. The van der Waals surface area contributed by atoms with Crippen molar-refractivity contribution < 1.29 is 23.8 Å². The number of benzene rings is 3. The maximum absolute atomic E-state index is 14.0. The van der Waals surface area contributed by atoms with E-state index in [0.29, 0.717) is 11.3 Å². The molecule has 3 aromatic carbocycles. The number of aliphatic hydroxyl groups is 1. The van der Waals surface area contributed by atoms with Gasteiger partial charge in [-0.15, -0.1) is 0 Å². The van der Waals surface area contributed by atoms with E-state index in [1.54, 1.807) is 18.2 Å². The second-order valence-electron chi connectivity index (χ2n) is 7.71. The van der Waals surface area contributed by atoms with Gasteiger partial charge in [-0.2, -0.15) is 0 Å². The summed E-state index contributed by atoms with van der Waals surface area (Å²) < 4.78 is 19.3. The Morgan fingerprint density at radius 1 is 1.00 bits per heavy atom. The lowest BCUT2D eigenvalue weighted by Gasteiger charge is -2.27. The van der Waals surface area contributed by atoms with E-state index >= 15 is 0 Å². The molecule has 4 rings (SSSR count). The SMILES string of the molecule is COc1ccc(F)cc1/C(O)=C1\C(=O)C(=O)N(c2cccc(C)c2)C1c1ccccc1C. The molecule has 1 aliphatic heterocycles. The predicted molar refractivity (Wildman–Crippen MR) is 120 cm³/mol. The number of carbonyl (C=O) groups is 2. The van der Waals surface area contributed by atoms with Crippen LogP contribution in [0.25, 0.3) is 5.76 Å². The van der Waals surface area contributed by atoms with Crippen LogP contribution >= 0.6 is 0 Å². The van der Waals surface area contributed by atoms with Gasteiger partial charge < -0.3 is 9.84 Å². The van der Waals surface area contributed by atoms with Crippen molar-refractivity contribution in [2.75, 3.05) is 12.0 Å². The molecule has 0 aliphatic carbocycles. The molecule has 1 fully saturated rings. The van der Waals surface area contributed by atoms with Crippen LogP contribution in [0.4, 0.5) is 10.1 Å². The van der Waals surface area contributed by atoms with Gasteiger partial charge in [0, 0.05) is 5.69 Å². The Hall–Kier alpha value is -3.93. The fourth-order valence-electron chi connectivity index (χ4n) is 4.07. The maximum Gasteiger partial charge on any atom is 0.300 e. The third-order valence-electron chi connectivity index (χ3n) is 5.62. The van der Waals surface area contributed by atoms with Crippen LogP contribution in [0.15, 0.2) is 72.3 Å². The molecule has 0 bridgehead atoms. The largest absolute Gasteiger partial charge is 0.507 e. The molecule has 3 aromatic rings. The first-order valence-electron chi connectivity index (χ1n) is 10.1. The molecule has 0 radical (unpaired) electrons. The first-order valence-corrected chi connectivity index (χ1v) is 10.1. The molecule has 0 spiro atoms. The fourth-order valence-corrected chi connectivity index (χ4v) is 4.07. The van der Waals surface area contributed by atoms with Gasteiger partial charge in [0.25, 0.3) is 11.7 Å². The number of ketones is 1. The highest BCUT2D eigenvalue weighted by Gasteiger charge is 2.47. The fraction of sp³-hybridized carbons (Fsp3) is 0.154. The van der Waals surface area contributed by atoms with Gasteiger partial charge >= 0.3 is 0 Å². The number of anilines is 1. The Kier molecular flexibility index (Phi) is 5.53. The molecule has 1 saturated heterocycles. The molecule has 1 amide bonds. The van der Waals surface area contributed by atoms with Gasteiger partial charge in [0.2, 0.25) is 0 Å². The smallest absolute Gasteiger partial charge is 0.300 e. The number of amides is 1. The van der Waals surface area contributed by atoms with Crippen molar-refractivity contribution in [1.82, 2.24) is 0 Å². The van der Waals surface area contributed by atoms with Crippen molar-refractivity contribution in [3.8, 4) is 5.75 Å². The van der Waals surface area contributed by atoms with E-state index in [1.807, 2.05) is 44.2 Å². The first kappa shape index (κ1) is 21.3. The minimum Gasteiger partial charge on any atom is -0.507 e. The van der Waals surface area contributed by atoms with Gasteiger partial charge in [-0.1, -0.05) is 36.4 Å². The molecule has 0 saturated carbocycles. The molecule has 0 aromatic heterocycles. The summed E-state index contributed by atoms with van der Waals surface area (Å²) in [7, 11) is 1.38. The first-order chi connectivity index (χ1) is 15.3. The zero-order chi connectivity index (χ0) is 23.0. The van der Waals surface area contributed by atoms with Crippen molar-refractivity contribution in [3.05, 3.63) is 100 Å². The summed E-state index contributed by atoms with van der Waals surface area (Å²) in [6.45, 7) is 3.76. The summed E-state index contributed by atoms with van der Waals surface area (Å²) in [5, 5.41) is 11.2. The van der Waals surface area contributed by atoms with Crippen LogP contribution < -0.4 is 9.64 Å². The molecule has 1 heterocycles. The van der Waals surface area contributed by atoms with Gasteiger partial charge in [0.1, 0.15) is 17.3 Å². The number of hydrogen-bond donors (Lipinski definition) is 1. The Labute approximate surface area is 185 Å². The summed E-state index contributed by atoms with van der Waals surface area (Å²) in [5.74, 6) is -2.51. The third kappa shape index (κ3) is 3.54. The Morgan fingerprint density at radius 3 is 2.44 bits per heavy atom. The molecule has 1 atom stereocenters. The second kappa shape index (κ2) is 8.30. The molecule has 1 N–H and O–H groups in total. The quantitative estimate of drug-likeness (QED) is 0.356. The topological polar surface area (TPSA) is 66.8 Å². The minimum absolute atomic E-state index is 0.00771. The van der Waals surface area contributed by atoms with Crippen LogP contribution in [-0.2, 0) is 9.59 Å². The van der Waals surface area contributed by atoms with Gasteiger partial charge in [0.05, 0.1) is 24.3 Å². The van der Waals surface area contributed by atoms with Crippen LogP contribution in [-0.4, -0.2) is 23.9 Å². The number of carbonyl (C=O) groups excluding carboxylic acids is 2.